The van der Waals surface area contributed by atoms with Crippen LogP contribution in [0.5, 0.6) is 0 Å². The highest BCUT2D eigenvalue weighted by atomic mass is 32.1. The lowest BCUT2D eigenvalue weighted by atomic mass is 10.1. The number of benzene rings is 1. The average molecular weight is 301 g/mol. The molecule has 0 radical (unpaired) electrons. The summed E-state index contributed by atoms with van der Waals surface area (Å²) in [7, 11) is 0. The summed E-state index contributed by atoms with van der Waals surface area (Å²) < 4.78 is 0. The molecule has 1 N–H and O–H groups in total. The van der Waals surface area contributed by atoms with E-state index in [9.17, 15) is 4.79 Å². The van der Waals surface area contributed by atoms with Gasteiger partial charge in [0, 0.05) is 12.5 Å². The molecular formula is C17H19NO2S. The smallest absolute Gasteiger partial charge is 0.328 e. The molecule has 0 spiro atoms. The molecule has 3 nitrogen and oxygen atoms in total. The van der Waals surface area contributed by atoms with Gasteiger partial charge in [-0.3, -0.25) is 0 Å². The molecule has 0 amide bonds. The molecule has 0 saturated carbocycles. The Bertz CT molecular complexity index is 617. The molecular weight excluding hydrogens is 282 g/mol. The molecule has 0 atom stereocenters. The Balaban J connectivity index is 2.09. The van der Waals surface area contributed by atoms with E-state index in [2.05, 4.69) is 24.0 Å². The minimum Gasteiger partial charge on any atom is -0.478 e. The maximum atomic E-state index is 10.7. The monoisotopic (exact) mass is 301 g/mol. The zero-order valence-electron chi connectivity index (χ0n) is 12.1. The molecule has 0 aliphatic carbocycles. The highest BCUT2D eigenvalue weighted by Gasteiger charge is 2.09. The van der Waals surface area contributed by atoms with E-state index in [1.807, 2.05) is 18.2 Å². The summed E-state index contributed by atoms with van der Waals surface area (Å²) in [6, 6.07) is 10.3. The number of nitrogens with zero attached hydrogens (tertiary/aromatic N) is 1. The second-order valence-electron chi connectivity index (χ2n) is 4.83. The Labute approximate surface area is 129 Å². The number of carbonyl (C=O) groups is 1. The molecule has 0 fully saturated rings. The predicted octanol–water partition coefficient (Wildman–Crippen LogP) is 3.98. The maximum Gasteiger partial charge on any atom is 0.328 e. The first-order valence-corrected chi connectivity index (χ1v) is 7.94. The summed E-state index contributed by atoms with van der Waals surface area (Å²) in [5.74, 6) is -0.920. The van der Waals surface area contributed by atoms with E-state index in [4.69, 9.17) is 5.11 Å². The standard InChI is InChI=1S/C17H19NO2S/c1-2-6-14-15(10-12-17(19)20)21-16(18-14)11-9-13-7-4-3-5-8-13/h3-5,7-8,10,12H,2,6,9,11H2,1H3,(H,19,20)/b12-10+. The van der Waals surface area contributed by atoms with Gasteiger partial charge in [-0.15, -0.1) is 11.3 Å². The fourth-order valence-electron chi connectivity index (χ4n) is 2.11. The van der Waals surface area contributed by atoms with Crippen LogP contribution < -0.4 is 0 Å². The number of carboxylic acids is 1. The summed E-state index contributed by atoms with van der Waals surface area (Å²) in [6.07, 6.45) is 6.61. The quantitative estimate of drug-likeness (QED) is 0.787. The summed E-state index contributed by atoms with van der Waals surface area (Å²) in [4.78, 5) is 16.3. The SMILES string of the molecule is CCCc1nc(CCc2ccccc2)sc1/C=C/C(=O)O. The number of rotatable bonds is 7. The van der Waals surface area contributed by atoms with Crippen LogP contribution in [-0.2, 0) is 24.1 Å². The van der Waals surface area contributed by atoms with Crippen molar-refractivity contribution >= 4 is 23.4 Å². The van der Waals surface area contributed by atoms with Crippen LogP contribution in [0.4, 0.5) is 0 Å². The van der Waals surface area contributed by atoms with Gasteiger partial charge in [0.25, 0.3) is 0 Å². The van der Waals surface area contributed by atoms with Gasteiger partial charge in [-0.05, 0) is 24.5 Å². The average Bonchev–Trinajstić information content (AvgIpc) is 2.87. The van der Waals surface area contributed by atoms with Gasteiger partial charge in [0.2, 0.25) is 0 Å². The van der Waals surface area contributed by atoms with E-state index >= 15 is 0 Å². The number of carboxylic acid groups (broad SMARTS) is 1. The Morgan fingerprint density at radius 1 is 1.24 bits per heavy atom. The van der Waals surface area contributed by atoms with Gasteiger partial charge in [0.15, 0.2) is 0 Å². The molecule has 0 bridgehead atoms. The van der Waals surface area contributed by atoms with Gasteiger partial charge in [-0.1, -0.05) is 43.7 Å². The zero-order valence-corrected chi connectivity index (χ0v) is 12.9. The molecule has 110 valence electrons. The zero-order chi connectivity index (χ0) is 15.1. The molecule has 0 unspecified atom stereocenters. The summed E-state index contributed by atoms with van der Waals surface area (Å²) in [6.45, 7) is 2.10. The molecule has 2 aromatic rings. The number of aryl methyl sites for hydroxylation is 3. The Hall–Kier alpha value is -1.94. The first-order valence-electron chi connectivity index (χ1n) is 7.12. The van der Waals surface area contributed by atoms with Gasteiger partial charge in [0.1, 0.15) is 0 Å². The third-order valence-corrected chi connectivity index (χ3v) is 4.23. The normalized spacial score (nSPS) is 11.1. The van der Waals surface area contributed by atoms with Crippen molar-refractivity contribution < 1.29 is 9.90 Å². The molecule has 1 aromatic carbocycles. The number of hydrogen-bond acceptors (Lipinski definition) is 3. The van der Waals surface area contributed by atoms with Gasteiger partial charge in [-0.25, -0.2) is 9.78 Å². The van der Waals surface area contributed by atoms with Crippen LogP contribution in [0.15, 0.2) is 36.4 Å². The minimum atomic E-state index is -0.920. The van der Waals surface area contributed by atoms with Gasteiger partial charge >= 0.3 is 5.97 Å². The molecule has 2 rings (SSSR count). The topological polar surface area (TPSA) is 50.2 Å². The van der Waals surface area contributed by atoms with E-state index in [0.717, 1.165) is 41.3 Å². The molecule has 0 saturated heterocycles. The van der Waals surface area contributed by atoms with Crippen molar-refractivity contribution in [3.8, 4) is 0 Å². The number of hydrogen-bond donors (Lipinski definition) is 1. The second kappa shape index (κ2) is 7.74. The number of thiazole rings is 1. The van der Waals surface area contributed by atoms with Crippen LogP contribution >= 0.6 is 11.3 Å². The fraction of sp³-hybridized carbons (Fsp3) is 0.294. The van der Waals surface area contributed by atoms with Crippen LogP contribution in [0.1, 0.15) is 34.5 Å². The summed E-state index contributed by atoms with van der Waals surface area (Å²) in [5, 5.41) is 9.83. The highest BCUT2D eigenvalue weighted by molar-refractivity contribution is 7.12. The largest absolute Gasteiger partial charge is 0.478 e. The molecule has 4 heteroatoms. The lowest BCUT2D eigenvalue weighted by Crippen LogP contribution is -1.92. The van der Waals surface area contributed by atoms with Crippen LogP contribution in [0.25, 0.3) is 6.08 Å². The molecule has 0 aliphatic heterocycles. The molecule has 1 aromatic heterocycles. The van der Waals surface area contributed by atoms with Crippen LogP contribution in [-0.4, -0.2) is 16.1 Å². The van der Waals surface area contributed by atoms with Crippen LogP contribution in [0.3, 0.4) is 0 Å². The van der Waals surface area contributed by atoms with Gasteiger partial charge in [-0.2, -0.15) is 0 Å². The third kappa shape index (κ3) is 4.83. The maximum absolute atomic E-state index is 10.7. The van der Waals surface area contributed by atoms with Crippen molar-refractivity contribution in [2.45, 2.75) is 32.6 Å². The third-order valence-electron chi connectivity index (χ3n) is 3.11. The van der Waals surface area contributed by atoms with Crippen molar-refractivity contribution in [1.29, 1.82) is 0 Å². The van der Waals surface area contributed by atoms with Gasteiger partial charge in [0.05, 0.1) is 15.6 Å². The summed E-state index contributed by atoms with van der Waals surface area (Å²) >= 11 is 1.60. The van der Waals surface area contributed by atoms with Crippen LogP contribution in [0.2, 0.25) is 0 Å². The van der Waals surface area contributed by atoms with E-state index in [1.54, 1.807) is 17.4 Å². The Kier molecular flexibility index (Phi) is 5.69. The number of aromatic nitrogens is 1. The molecule has 21 heavy (non-hydrogen) atoms. The van der Waals surface area contributed by atoms with Gasteiger partial charge < -0.3 is 5.11 Å². The fourth-order valence-corrected chi connectivity index (χ4v) is 3.13. The Morgan fingerprint density at radius 2 is 2.00 bits per heavy atom. The van der Waals surface area contributed by atoms with Crippen molar-refractivity contribution in [2.75, 3.05) is 0 Å². The number of aliphatic carboxylic acids is 1. The molecule has 1 heterocycles. The van der Waals surface area contributed by atoms with Crippen molar-refractivity contribution in [3.63, 3.8) is 0 Å². The van der Waals surface area contributed by atoms with E-state index in [0.29, 0.717) is 0 Å². The van der Waals surface area contributed by atoms with E-state index < -0.39 is 5.97 Å². The van der Waals surface area contributed by atoms with Crippen molar-refractivity contribution in [1.82, 2.24) is 4.98 Å². The first kappa shape index (κ1) is 15.4. The van der Waals surface area contributed by atoms with Crippen LogP contribution in [0, 0.1) is 0 Å². The first-order chi connectivity index (χ1) is 10.2. The van der Waals surface area contributed by atoms with Crippen molar-refractivity contribution in [2.24, 2.45) is 0 Å². The second-order valence-corrected chi connectivity index (χ2v) is 5.94. The molecule has 0 aliphatic rings. The Morgan fingerprint density at radius 3 is 2.67 bits per heavy atom. The highest BCUT2D eigenvalue weighted by Crippen LogP contribution is 2.23. The summed E-state index contributed by atoms with van der Waals surface area (Å²) in [5.41, 5.74) is 2.32. The minimum absolute atomic E-state index is 0.890. The van der Waals surface area contributed by atoms with E-state index in [-0.39, 0.29) is 0 Å². The lowest BCUT2D eigenvalue weighted by Gasteiger charge is -1.97. The predicted molar refractivity (Wildman–Crippen MR) is 86.6 cm³/mol. The van der Waals surface area contributed by atoms with E-state index in [1.165, 1.54) is 11.6 Å². The van der Waals surface area contributed by atoms with Crippen molar-refractivity contribution in [3.05, 3.63) is 57.6 Å². The lowest BCUT2D eigenvalue weighted by molar-refractivity contribution is -0.131.